The van der Waals surface area contributed by atoms with E-state index >= 15 is 0 Å². The van der Waals surface area contributed by atoms with E-state index in [1.54, 1.807) is 4.90 Å². The maximum atomic E-state index is 11.3. The molecule has 0 atom stereocenters. The average molecular weight is 276 g/mol. The van der Waals surface area contributed by atoms with E-state index in [-0.39, 0.29) is 5.91 Å². The predicted octanol–water partition coefficient (Wildman–Crippen LogP) is 2.41. The van der Waals surface area contributed by atoms with Crippen molar-refractivity contribution in [2.24, 2.45) is 5.73 Å². The summed E-state index contributed by atoms with van der Waals surface area (Å²) in [4.78, 5) is 12.9. The van der Waals surface area contributed by atoms with Gasteiger partial charge in [-0.3, -0.25) is 4.79 Å². The fraction of sp³-hybridized carbons (Fsp3) is 0.769. The number of ether oxygens (including phenoxy) is 1. The highest BCUT2D eigenvalue weighted by atomic mass is 32.1. The Labute approximate surface area is 117 Å². The first-order chi connectivity index (χ1) is 8.61. The van der Waals surface area contributed by atoms with E-state index in [1.165, 1.54) is 6.92 Å². The number of thiol groups is 1. The molecule has 0 spiro atoms. The van der Waals surface area contributed by atoms with Gasteiger partial charge in [0.25, 0.3) is 0 Å². The van der Waals surface area contributed by atoms with E-state index in [2.05, 4.69) is 12.6 Å². The number of hydrogen-bond acceptors (Lipinski definition) is 4. The van der Waals surface area contributed by atoms with Crippen molar-refractivity contribution in [1.29, 1.82) is 0 Å². The Hall–Kier alpha value is -0.680. The Morgan fingerprint density at radius 2 is 2.06 bits per heavy atom. The monoisotopic (exact) mass is 276 g/mol. The molecule has 0 rings (SSSR count). The van der Waals surface area contributed by atoms with Gasteiger partial charge in [-0.25, -0.2) is 0 Å². The lowest BCUT2D eigenvalue weighted by Crippen LogP contribution is -2.34. The molecule has 4 nitrogen and oxygen atoms in total. The Morgan fingerprint density at radius 1 is 1.44 bits per heavy atom. The molecule has 0 heterocycles. The van der Waals surface area contributed by atoms with Gasteiger partial charge in [0.05, 0.1) is 6.54 Å². The minimum atomic E-state index is -0.0293. The van der Waals surface area contributed by atoms with E-state index in [0.717, 1.165) is 18.6 Å². The van der Waals surface area contributed by atoms with Crippen LogP contribution in [0.5, 0.6) is 0 Å². The summed E-state index contributed by atoms with van der Waals surface area (Å²) in [5, 5.41) is 0. The highest BCUT2D eigenvalue weighted by molar-refractivity contribution is 7.80. The van der Waals surface area contributed by atoms with Crippen molar-refractivity contribution in [3.05, 3.63) is 11.8 Å². The first-order valence-electron chi connectivity index (χ1n) is 6.50. The summed E-state index contributed by atoms with van der Waals surface area (Å²) < 4.78 is 5.35. The molecule has 0 aliphatic heterocycles. The maximum absolute atomic E-state index is 11.3. The molecule has 0 bridgehead atoms. The van der Waals surface area contributed by atoms with Crippen LogP contribution in [0.15, 0.2) is 11.8 Å². The summed E-state index contributed by atoms with van der Waals surface area (Å²) >= 11 is 4.08. The molecule has 2 N–H and O–H groups in total. The van der Waals surface area contributed by atoms with Crippen molar-refractivity contribution in [2.75, 3.05) is 25.6 Å². The Bertz CT molecular complexity index is 233. The molecule has 0 aromatic carbocycles. The van der Waals surface area contributed by atoms with Crippen LogP contribution in [0.3, 0.4) is 0 Å². The van der Waals surface area contributed by atoms with Crippen LogP contribution in [-0.4, -0.2) is 36.4 Å². The van der Waals surface area contributed by atoms with E-state index < -0.39 is 0 Å². The smallest absolute Gasteiger partial charge is 0.221 e. The van der Waals surface area contributed by atoms with Crippen molar-refractivity contribution >= 4 is 18.5 Å². The lowest BCUT2D eigenvalue weighted by atomic mass is 10.3. The lowest BCUT2D eigenvalue weighted by Gasteiger charge is -2.21. The third-order valence-corrected chi connectivity index (χ3v) is 2.30. The third kappa shape index (κ3) is 11.8. The van der Waals surface area contributed by atoms with Gasteiger partial charge in [-0.15, -0.1) is 0 Å². The predicted molar refractivity (Wildman–Crippen MR) is 80.6 cm³/mol. The van der Waals surface area contributed by atoms with Gasteiger partial charge in [0.2, 0.25) is 5.91 Å². The van der Waals surface area contributed by atoms with Crippen LogP contribution < -0.4 is 5.73 Å². The van der Waals surface area contributed by atoms with Gasteiger partial charge < -0.3 is 15.4 Å². The number of hydrogen-bond donors (Lipinski definition) is 2. The molecule has 5 heteroatoms. The van der Waals surface area contributed by atoms with Crippen LogP contribution in [0, 0.1) is 0 Å². The highest BCUT2D eigenvalue weighted by Crippen LogP contribution is 1.98. The van der Waals surface area contributed by atoms with Crippen LogP contribution in [0.1, 0.15) is 40.5 Å². The summed E-state index contributed by atoms with van der Waals surface area (Å²) in [6.45, 7) is 8.87. The fourth-order valence-corrected chi connectivity index (χ4v) is 1.27. The van der Waals surface area contributed by atoms with E-state index in [9.17, 15) is 4.79 Å². The first kappa shape index (κ1) is 19.7. The van der Waals surface area contributed by atoms with E-state index in [4.69, 9.17) is 10.5 Å². The largest absolute Gasteiger partial charge is 0.401 e. The van der Waals surface area contributed by atoms with Crippen LogP contribution in [0.2, 0.25) is 0 Å². The molecule has 1 amide bonds. The van der Waals surface area contributed by atoms with Crippen molar-refractivity contribution < 1.29 is 9.53 Å². The number of rotatable bonds is 8. The van der Waals surface area contributed by atoms with Crippen molar-refractivity contribution in [3.63, 3.8) is 0 Å². The van der Waals surface area contributed by atoms with E-state index in [0.29, 0.717) is 25.6 Å². The molecule has 0 saturated heterocycles. The third-order valence-electron chi connectivity index (χ3n) is 1.98. The van der Waals surface area contributed by atoms with Crippen LogP contribution in [0.4, 0.5) is 0 Å². The van der Waals surface area contributed by atoms with Crippen LogP contribution in [0.25, 0.3) is 0 Å². The molecule has 0 fully saturated rings. The Kier molecular flexibility index (Phi) is 15.7. The highest BCUT2D eigenvalue weighted by Gasteiger charge is 2.08. The second-order valence-electron chi connectivity index (χ2n) is 3.52. The molecular formula is C13H28N2O2S. The van der Waals surface area contributed by atoms with Gasteiger partial charge in [0, 0.05) is 19.2 Å². The summed E-state index contributed by atoms with van der Waals surface area (Å²) in [5.41, 5.74) is 6.46. The molecule has 0 aliphatic rings. The van der Waals surface area contributed by atoms with Crippen molar-refractivity contribution in [2.45, 2.75) is 40.5 Å². The molecular weight excluding hydrogens is 248 g/mol. The average Bonchev–Trinajstić information content (AvgIpc) is 2.35. The summed E-state index contributed by atoms with van der Waals surface area (Å²) in [6, 6.07) is 0. The Morgan fingerprint density at radius 3 is 2.50 bits per heavy atom. The second-order valence-corrected chi connectivity index (χ2v) is 3.97. The van der Waals surface area contributed by atoms with Gasteiger partial charge in [-0.2, -0.15) is 12.6 Å². The lowest BCUT2D eigenvalue weighted by molar-refractivity contribution is -0.133. The SMILES string of the molecule is CC.CC/C=C(\N)CN(COCCCS)C(C)=O. The fourth-order valence-electron chi connectivity index (χ4n) is 1.14. The number of amides is 1. The minimum Gasteiger partial charge on any atom is -0.401 e. The van der Waals surface area contributed by atoms with Gasteiger partial charge >= 0.3 is 0 Å². The second kappa shape index (κ2) is 14.4. The zero-order valence-corrected chi connectivity index (χ0v) is 13.0. The van der Waals surface area contributed by atoms with Gasteiger partial charge in [0.15, 0.2) is 0 Å². The topological polar surface area (TPSA) is 55.6 Å². The molecule has 0 aromatic heterocycles. The molecule has 108 valence electrons. The zero-order chi connectivity index (χ0) is 14.4. The van der Waals surface area contributed by atoms with Gasteiger partial charge in [0.1, 0.15) is 6.73 Å². The molecule has 0 aliphatic carbocycles. The number of carbonyl (C=O) groups excluding carboxylic acids is 1. The maximum Gasteiger partial charge on any atom is 0.221 e. The normalized spacial score (nSPS) is 10.6. The summed E-state index contributed by atoms with van der Waals surface area (Å²) in [6.07, 6.45) is 3.66. The first-order valence-corrected chi connectivity index (χ1v) is 7.13. The van der Waals surface area contributed by atoms with Gasteiger partial charge in [-0.05, 0) is 18.6 Å². The summed E-state index contributed by atoms with van der Waals surface area (Å²) in [7, 11) is 0. The molecule has 18 heavy (non-hydrogen) atoms. The molecule has 0 unspecified atom stereocenters. The van der Waals surface area contributed by atoms with E-state index in [1.807, 2.05) is 26.8 Å². The number of allylic oxidation sites excluding steroid dienone is 1. The standard InChI is InChI=1S/C11H22N2O2S.C2H6/c1-3-5-11(12)8-13(10(2)14)9-15-6-4-7-16;1-2/h5,16H,3-4,6-9,12H2,1-2H3;1-2H3/b11-5-;. The molecule has 0 radical (unpaired) electrons. The number of nitrogens with two attached hydrogens (primary N) is 1. The van der Waals surface area contributed by atoms with Crippen molar-refractivity contribution in [3.8, 4) is 0 Å². The van der Waals surface area contributed by atoms with Gasteiger partial charge in [-0.1, -0.05) is 26.8 Å². The minimum absolute atomic E-state index is 0.0293. The molecule has 0 saturated carbocycles. The zero-order valence-electron chi connectivity index (χ0n) is 12.1. The number of carbonyl (C=O) groups is 1. The molecule has 0 aromatic rings. The number of nitrogens with zero attached hydrogens (tertiary/aromatic N) is 1. The summed E-state index contributed by atoms with van der Waals surface area (Å²) in [5.74, 6) is 0.760. The quantitative estimate of drug-likeness (QED) is 0.407. The van der Waals surface area contributed by atoms with Crippen molar-refractivity contribution in [1.82, 2.24) is 4.90 Å². The van der Waals surface area contributed by atoms with Crippen LogP contribution >= 0.6 is 12.6 Å². The van der Waals surface area contributed by atoms with Crippen LogP contribution in [-0.2, 0) is 9.53 Å². The Balaban J connectivity index is 0.